The second kappa shape index (κ2) is 8.86. The molecule has 3 rings (SSSR count). The van der Waals surface area contributed by atoms with Gasteiger partial charge in [-0.2, -0.15) is 0 Å². The number of likely N-dealkylation sites (tertiary alicyclic amines) is 1. The average molecular weight is 369 g/mol. The van der Waals surface area contributed by atoms with Crippen LogP contribution in [0.3, 0.4) is 0 Å². The molecule has 6 nitrogen and oxygen atoms in total. The molecule has 2 aromatic rings. The first kappa shape index (κ1) is 19.2. The van der Waals surface area contributed by atoms with Crippen LogP contribution in [0.25, 0.3) is 0 Å². The number of carbonyl (C=O) groups is 2. The fraction of sp³-hybridized carbons (Fsp3) is 0.429. The average Bonchev–Trinajstić information content (AvgIpc) is 3.22. The summed E-state index contributed by atoms with van der Waals surface area (Å²) in [5, 5.41) is 3.05. The smallest absolute Gasteiger partial charge is 0.253 e. The molecule has 27 heavy (non-hydrogen) atoms. The van der Waals surface area contributed by atoms with Crippen molar-refractivity contribution in [3.05, 3.63) is 60.1 Å². The van der Waals surface area contributed by atoms with Gasteiger partial charge in [0.25, 0.3) is 5.91 Å². The van der Waals surface area contributed by atoms with Crippen LogP contribution in [0.1, 0.15) is 35.0 Å². The van der Waals surface area contributed by atoms with E-state index in [0.717, 1.165) is 5.76 Å². The summed E-state index contributed by atoms with van der Waals surface area (Å²) in [6.45, 7) is 1.73. The van der Waals surface area contributed by atoms with Gasteiger partial charge in [-0.1, -0.05) is 18.2 Å². The van der Waals surface area contributed by atoms with Gasteiger partial charge in [0, 0.05) is 31.1 Å². The Hall–Kier alpha value is -2.60. The van der Waals surface area contributed by atoms with Gasteiger partial charge in [-0.15, -0.1) is 0 Å². The maximum absolute atomic E-state index is 12.6. The third kappa shape index (κ3) is 4.77. The minimum absolute atomic E-state index is 0.00342. The standard InChI is InChI=1S/C21H27N3O3/c1-23(2)18(19-9-6-14-27-19)15-22-20(25)16-10-12-24(13-11-16)21(26)17-7-4-3-5-8-17/h3-9,14,16,18H,10-13,15H2,1-2H3,(H,22,25). The van der Waals surface area contributed by atoms with Crippen molar-refractivity contribution in [2.75, 3.05) is 33.7 Å². The summed E-state index contributed by atoms with van der Waals surface area (Å²) in [6.07, 6.45) is 3.03. The first-order chi connectivity index (χ1) is 13.1. The molecule has 2 amide bonds. The molecule has 1 saturated heterocycles. The zero-order chi connectivity index (χ0) is 19.2. The Labute approximate surface area is 160 Å². The lowest BCUT2D eigenvalue weighted by atomic mass is 9.95. The molecular weight excluding hydrogens is 342 g/mol. The summed E-state index contributed by atoms with van der Waals surface area (Å²) >= 11 is 0. The van der Waals surface area contributed by atoms with Gasteiger partial charge in [-0.25, -0.2) is 0 Å². The van der Waals surface area contributed by atoms with Crippen molar-refractivity contribution in [1.82, 2.24) is 15.1 Å². The number of benzene rings is 1. The van der Waals surface area contributed by atoms with E-state index < -0.39 is 0 Å². The maximum Gasteiger partial charge on any atom is 0.253 e. The van der Waals surface area contributed by atoms with Crippen LogP contribution in [0.15, 0.2) is 53.1 Å². The molecule has 1 aromatic heterocycles. The molecule has 1 aliphatic rings. The molecule has 1 fully saturated rings. The molecule has 1 unspecified atom stereocenters. The van der Waals surface area contributed by atoms with Crippen molar-refractivity contribution in [2.24, 2.45) is 5.92 Å². The van der Waals surface area contributed by atoms with E-state index in [9.17, 15) is 9.59 Å². The number of nitrogens with zero attached hydrogens (tertiary/aromatic N) is 2. The van der Waals surface area contributed by atoms with Crippen molar-refractivity contribution >= 4 is 11.8 Å². The lowest BCUT2D eigenvalue weighted by Gasteiger charge is -2.32. The number of likely N-dealkylation sites (N-methyl/N-ethyl adjacent to an activating group) is 1. The highest BCUT2D eigenvalue weighted by Crippen LogP contribution is 2.21. The largest absolute Gasteiger partial charge is 0.468 e. The summed E-state index contributed by atoms with van der Waals surface area (Å²) in [5.74, 6) is 0.882. The third-order valence-corrected chi connectivity index (χ3v) is 5.14. The van der Waals surface area contributed by atoms with Crippen molar-refractivity contribution < 1.29 is 14.0 Å². The van der Waals surface area contributed by atoms with E-state index >= 15 is 0 Å². The quantitative estimate of drug-likeness (QED) is 0.850. The van der Waals surface area contributed by atoms with Crippen LogP contribution in [0.4, 0.5) is 0 Å². The summed E-state index contributed by atoms with van der Waals surface area (Å²) in [6, 6.07) is 13.1. The number of hydrogen-bond donors (Lipinski definition) is 1. The molecule has 0 saturated carbocycles. The lowest BCUT2D eigenvalue weighted by molar-refractivity contribution is -0.126. The zero-order valence-electron chi connectivity index (χ0n) is 15.9. The van der Waals surface area contributed by atoms with Crippen LogP contribution < -0.4 is 5.32 Å². The van der Waals surface area contributed by atoms with Gasteiger partial charge in [0.2, 0.25) is 5.91 Å². The zero-order valence-corrected chi connectivity index (χ0v) is 15.9. The molecule has 0 spiro atoms. The van der Waals surface area contributed by atoms with E-state index in [4.69, 9.17) is 4.42 Å². The van der Waals surface area contributed by atoms with Gasteiger partial charge in [0.15, 0.2) is 0 Å². The second-order valence-electron chi connectivity index (χ2n) is 7.17. The Morgan fingerprint density at radius 1 is 1.15 bits per heavy atom. The summed E-state index contributed by atoms with van der Waals surface area (Å²) < 4.78 is 5.48. The topological polar surface area (TPSA) is 65.8 Å². The molecule has 144 valence electrons. The summed E-state index contributed by atoms with van der Waals surface area (Å²) in [4.78, 5) is 29.0. The van der Waals surface area contributed by atoms with Crippen molar-refractivity contribution in [3.63, 3.8) is 0 Å². The van der Waals surface area contributed by atoms with Crippen LogP contribution in [0, 0.1) is 5.92 Å². The van der Waals surface area contributed by atoms with Gasteiger partial charge in [-0.3, -0.25) is 14.5 Å². The molecular formula is C21H27N3O3. The van der Waals surface area contributed by atoms with Crippen LogP contribution in [-0.4, -0.2) is 55.3 Å². The number of furan rings is 1. The Morgan fingerprint density at radius 3 is 2.44 bits per heavy atom. The van der Waals surface area contributed by atoms with E-state index in [2.05, 4.69) is 5.32 Å². The molecule has 6 heteroatoms. The molecule has 2 heterocycles. The number of carbonyl (C=O) groups excluding carboxylic acids is 2. The normalized spacial score (nSPS) is 16.3. The van der Waals surface area contributed by atoms with Gasteiger partial charge in [0.1, 0.15) is 5.76 Å². The van der Waals surface area contributed by atoms with E-state index in [-0.39, 0.29) is 23.8 Å². The third-order valence-electron chi connectivity index (χ3n) is 5.14. The van der Waals surface area contributed by atoms with Crippen LogP contribution in [0.2, 0.25) is 0 Å². The molecule has 1 N–H and O–H groups in total. The number of amides is 2. The van der Waals surface area contributed by atoms with E-state index in [1.807, 2.05) is 66.4 Å². The van der Waals surface area contributed by atoms with Gasteiger partial charge in [0.05, 0.1) is 12.3 Å². The molecule has 0 radical (unpaired) electrons. The Kier molecular flexibility index (Phi) is 6.29. The van der Waals surface area contributed by atoms with Crippen LogP contribution >= 0.6 is 0 Å². The van der Waals surface area contributed by atoms with Crippen LogP contribution in [0.5, 0.6) is 0 Å². The fourth-order valence-electron chi connectivity index (χ4n) is 3.47. The Balaban J connectivity index is 1.49. The maximum atomic E-state index is 12.6. The first-order valence-corrected chi connectivity index (χ1v) is 9.38. The molecule has 0 aliphatic carbocycles. The van der Waals surface area contributed by atoms with Crippen molar-refractivity contribution in [1.29, 1.82) is 0 Å². The molecule has 1 aliphatic heterocycles. The van der Waals surface area contributed by atoms with Gasteiger partial charge < -0.3 is 14.6 Å². The fourth-order valence-corrected chi connectivity index (χ4v) is 3.47. The molecule has 1 atom stereocenters. The lowest BCUT2D eigenvalue weighted by Crippen LogP contribution is -2.44. The first-order valence-electron chi connectivity index (χ1n) is 9.38. The highest BCUT2D eigenvalue weighted by atomic mass is 16.3. The monoisotopic (exact) mass is 369 g/mol. The Morgan fingerprint density at radius 2 is 1.85 bits per heavy atom. The SMILES string of the molecule is CN(C)C(CNC(=O)C1CCN(C(=O)c2ccccc2)CC1)c1ccco1. The molecule has 0 bridgehead atoms. The number of rotatable bonds is 6. The highest BCUT2D eigenvalue weighted by Gasteiger charge is 2.28. The van der Waals surface area contributed by atoms with Crippen LogP contribution in [-0.2, 0) is 4.79 Å². The van der Waals surface area contributed by atoms with E-state index in [1.54, 1.807) is 6.26 Å². The van der Waals surface area contributed by atoms with Gasteiger partial charge >= 0.3 is 0 Å². The Bertz CT molecular complexity index is 735. The minimum atomic E-state index is -0.0516. The minimum Gasteiger partial charge on any atom is -0.468 e. The predicted octanol–water partition coefficient (Wildman–Crippen LogP) is 2.55. The van der Waals surface area contributed by atoms with Gasteiger partial charge in [-0.05, 0) is 51.2 Å². The van der Waals surface area contributed by atoms with Crippen molar-refractivity contribution in [2.45, 2.75) is 18.9 Å². The summed E-state index contributed by atoms with van der Waals surface area (Å²) in [5.41, 5.74) is 0.702. The van der Waals surface area contributed by atoms with E-state index in [1.165, 1.54) is 0 Å². The van der Waals surface area contributed by atoms with E-state index in [0.29, 0.717) is 38.0 Å². The second-order valence-corrected chi connectivity index (χ2v) is 7.17. The number of hydrogen-bond acceptors (Lipinski definition) is 4. The molecule has 1 aromatic carbocycles. The number of piperidine rings is 1. The number of nitrogens with one attached hydrogen (secondary N) is 1. The summed E-state index contributed by atoms with van der Waals surface area (Å²) in [7, 11) is 3.93. The highest BCUT2D eigenvalue weighted by molar-refractivity contribution is 5.94. The predicted molar refractivity (Wildman–Crippen MR) is 103 cm³/mol. The van der Waals surface area contributed by atoms with Crippen molar-refractivity contribution in [3.8, 4) is 0 Å².